The van der Waals surface area contributed by atoms with E-state index in [0.29, 0.717) is 13.2 Å². The minimum Gasteiger partial charge on any atom is -0.494 e. The molecule has 0 aromatic heterocycles. The molecule has 2 rings (SSSR count). The van der Waals surface area contributed by atoms with Gasteiger partial charge in [0.05, 0.1) is 13.2 Å². The lowest BCUT2D eigenvalue weighted by Gasteiger charge is -2.08. The van der Waals surface area contributed by atoms with E-state index in [1.54, 1.807) is 0 Å². The van der Waals surface area contributed by atoms with E-state index in [2.05, 4.69) is 0 Å². The predicted molar refractivity (Wildman–Crippen MR) is 78.3 cm³/mol. The highest BCUT2D eigenvalue weighted by molar-refractivity contribution is 5.85. The normalized spacial score (nSPS) is 10.7. The third kappa shape index (κ3) is 4.11. The van der Waals surface area contributed by atoms with Crippen molar-refractivity contribution < 1.29 is 19.7 Å². The molecule has 2 aromatic rings. The summed E-state index contributed by atoms with van der Waals surface area (Å²) in [5.74, 6) is 1.59. The second kappa shape index (κ2) is 7.72. The fraction of sp³-hybridized carbons (Fsp3) is 0.375. The van der Waals surface area contributed by atoms with Crippen LogP contribution >= 0.6 is 0 Å². The first-order valence-electron chi connectivity index (χ1n) is 6.84. The Hall–Kier alpha value is -1.78. The lowest BCUT2D eigenvalue weighted by atomic mass is 10.1. The summed E-state index contributed by atoms with van der Waals surface area (Å²) in [5.41, 5.74) is 0. The molecular formula is C16H20O4. The van der Waals surface area contributed by atoms with Gasteiger partial charge >= 0.3 is 0 Å². The third-order valence-electron chi connectivity index (χ3n) is 2.96. The maximum atomic E-state index is 8.74. The number of benzene rings is 2. The molecule has 0 amide bonds. The van der Waals surface area contributed by atoms with E-state index in [9.17, 15) is 0 Å². The van der Waals surface area contributed by atoms with E-state index in [-0.39, 0.29) is 13.2 Å². The van der Waals surface area contributed by atoms with Gasteiger partial charge in [0.15, 0.2) is 0 Å². The maximum absolute atomic E-state index is 8.74. The van der Waals surface area contributed by atoms with Crippen molar-refractivity contribution >= 4 is 10.8 Å². The number of aliphatic hydroxyl groups is 2. The maximum Gasteiger partial charge on any atom is 0.120 e. The van der Waals surface area contributed by atoms with Gasteiger partial charge in [0.2, 0.25) is 0 Å². The number of hydrogen-bond donors (Lipinski definition) is 2. The number of ether oxygens (including phenoxy) is 2. The smallest absolute Gasteiger partial charge is 0.120 e. The Bertz CT molecular complexity index is 539. The van der Waals surface area contributed by atoms with Gasteiger partial charge < -0.3 is 19.7 Å². The van der Waals surface area contributed by atoms with Crippen molar-refractivity contribution in [3.8, 4) is 11.5 Å². The monoisotopic (exact) mass is 276 g/mol. The van der Waals surface area contributed by atoms with Crippen molar-refractivity contribution in [2.45, 2.75) is 12.8 Å². The molecule has 0 aliphatic carbocycles. The highest BCUT2D eigenvalue weighted by Crippen LogP contribution is 2.25. The van der Waals surface area contributed by atoms with E-state index in [0.717, 1.165) is 35.1 Å². The van der Waals surface area contributed by atoms with Crippen LogP contribution in [0.1, 0.15) is 12.8 Å². The molecule has 2 aromatic carbocycles. The molecule has 4 heteroatoms. The molecule has 0 bridgehead atoms. The van der Waals surface area contributed by atoms with Crippen molar-refractivity contribution in [1.29, 1.82) is 0 Å². The van der Waals surface area contributed by atoms with Crippen molar-refractivity contribution in [3.05, 3.63) is 36.4 Å². The van der Waals surface area contributed by atoms with Gasteiger partial charge in [0, 0.05) is 6.61 Å². The third-order valence-corrected chi connectivity index (χ3v) is 2.96. The zero-order chi connectivity index (χ0) is 14.2. The quantitative estimate of drug-likeness (QED) is 0.727. The summed E-state index contributed by atoms with van der Waals surface area (Å²) in [6, 6.07) is 11.7. The predicted octanol–water partition coefficient (Wildman–Crippen LogP) is 2.36. The lowest BCUT2D eigenvalue weighted by molar-refractivity contribution is 0.201. The van der Waals surface area contributed by atoms with Gasteiger partial charge in [0.25, 0.3) is 0 Å². The molecule has 0 atom stereocenters. The Balaban J connectivity index is 2.02. The Kier molecular flexibility index (Phi) is 5.65. The van der Waals surface area contributed by atoms with Gasteiger partial charge in [-0.25, -0.2) is 0 Å². The van der Waals surface area contributed by atoms with Crippen LogP contribution in [0.15, 0.2) is 36.4 Å². The van der Waals surface area contributed by atoms with Crippen LogP contribution in [0.5, 0.6) is 11.5 Å². The zero-order valence-corrected chi connectivity index (χ0v) is 11.4. The minimum atomic E-state index is 0.0126. The van der Waals surface area contributed by atoms with Gasteiger partial charge in [-0.2, -0.15) is 0 Å². The fourth-order valence-corrected chi connectivity index (χ4v) is 1.95. The minimum absolute atomic E-state index is 0.0126. The van der Waals surface area contributed by atoms with Crippen LogP contribution in [0.2, 0.25) is 0 Å². The Morgan fingerprint density at radius 2 is 1.30 bits per heavy atom. The van der Waals surface area contributed by atoms with Crippen LogP contribution in [0.4, 0.5) is 0 Å². The Labute approximate surface area is 118 Å². The van der Waals surface area contributed by atoms with Crippen molar-refractivity contribution in [2.75, 3.05) is 26.4 Å². The van der Waals surface area contributed by atoms with Crippen LogP contribution in [-0.4, -0.2) is 36.6 Å². The lowest BCUT2D eigenvalue weighted by Crippen LogP contribution is -2.01. The topological polar surface area (TPSA) is 58.9 Å². The van der Waals surface area contributed by atoms with Crippen molar-refractivity contribution in [1.82, 2.24) is 0 Å². The largest absolute Gasteiger partial charge is 0.494 e. The first-order chi connectivity index (χ1) is 9.83. The van der Waals surface area contributed by atoms with Gasteiger partial charge in [-0.05, 0) is 47.9 Å². The summed E-state index contributed by atoms with van der Waals surface area (Å²) in [4.78, 5) is 0. The summed E-state index contributed by atoms with van der Waals surface area (Å²) in [6.45, 7) is 1.14. The van der Waals surface area contributed by atoms with Crippen LogP contribution in [-0.2, 0) is 0 Å². The first kappa shape index (κ1) is 14.6. The molecular weight excluding hydrogens is 256 g/mol. The molecule has 0 heterocycles. The standard InChI is InChI=1S/C16H20O4/c17-7-1-2-9-19-15-5-3-14-12-16(20-10-8-18)6-4-13(14)11-15/h3-6,11-12,17-18H,1-2,7-10H2. The highest BCUT2D eigenvalue weighted by Gasteiger charge is 2.00. The summed E-state index contributed by atoms with van der Waals surface area (Å²) >= 11 is 0. The molecule has 0 aliphatic heterocycles. The van der Waals surface area contributed by atoms with Gasteiger partial charge in [-0.3, -0.25) is 0 Å². The summed E-state index contributed by atoms with van der Waals surface area (Å²) in [5, 5.41) is 19.6. The second-order valence-corrected chi connectivity index (χ2v) is 4.52. The molecule has 4 nitrogen and oxygen atoms in total. The average Bonchev–Trinajstić information content (AvgIpc) is 2.49. The molecule has 0 saturated heterocycles. The molecule has 108 valence electrons. The van der Waals surface area contributed by atoms with Crippen LogP contribution in [0.25, 0.3) is 10.8 Å². The Morgan fingerprint density at radius 1 is 0.700 bits per heavy atom. The average molecular weight is 276 g/mol. The molecule has 0 unspecified atom stereocenters. The van der Waals surface area contributed by atoms with Crippen molar-refractivity contribution in [2.24, 2.45) is 0 Å². The zero-order valence-electron chi connectivity index (χ0n) is 11.4. The van der Waals surface area contributed by atoms with Crippen molar-refractivity contribution in [3.63, 3.8) is 0 Å². The summed E-state index contributed by atoms with van der Waals surface area (Å²) in [6.07, 6.45) is 1.61. The second-order valence-electron chi connectivity index (χ2n) is 4.52. The SMILES string of the molecule is OCCCCOc1ccc2cc(OCCO)ccc2c1. The number of rotatable bonds is 8. The fourth-order valence-electron chi connectivity index (χ4n) is 1.95. The van der Waals surface area contributed by atoms with Gasteiger partial charge in [0.1, 0.15) is 18.1 Å². The van der Waals surface area contributed by atoms with Crippen LogP contribution in [0.3, 0.4) is 0 Å². The van der Waals surface area contributed by atoms with E-state index in [4.69, 9.17) is 19.7 Å². The van der Waals surface area contributed by atoms with Gasteiger partial charge in [-0.1, -0.05) is 12.1 Å². The van der Waals surface area contributed by atoms with E-state index in [1.807, 2.05) is 36.4 Å². The number of unbranched alkanes of at least 4 members (excludes halogenated alkanes) is 1. The molecule has 0 aliphatic rings. The van der Waals surface area contributed by atoms with Crippen LogP contribution in [0, 0.1) is 0 Å². The molecule has 0 fully saturated rings. The summed E-state index contributed by atoms with van der Waals surface area (Å²) in [7, 11) is 0. The van der Waals surface area contributed by atoms with E-state index >= 15 is 0 Å². The Morgan fingerprint density at radius 3 is 1.85 bits per heavy atom. The number of aliphatic hydroxyl groups excluding tert-OH is 2. The highest BCUT2D eigenvalue weighted by atomic mass is 16.5. The molecule has 0 spiro atoms. The number of fused-ring (bicyclic) bond motifs is 1. The molecule has 2 N–H and O–H groups in total. The van der Waals surface area contributed by atoms with Crippen LogP contribution < -0.4 is 9.47 Å². The molecule has 0 saturated carbocycles. The number of hydrogen-bond acceptors (Lipinski definition) is 4. The first-order valence-corrected chi connectivity index (χ1v) is 6.84. The van der Waals surface area contributed by atoms with E-state index < -0.39 is 0 Å². The van der Waals surface area contributed by atoms with E-state index in [1.165, 1.54) is 0 Å². The molecule has 0 radical (unpaired) electrons. The van der Waals surface area contributed by atoms with Gasteiger partial charge in [-0.15, -0.1) is 0 Å². The molecule has 20 heavy (non-hydrogen) atoms. The summed E-state index contributed by atoms with van der Waals surface area (Å²) < 4.78 is 11.0.